The average Bonchev–Trinajstić information content (AvgIpc) is 3.37. The number of anilines is 2. The standard InChI is InChI=1S/C21H22N4O5S2/c26-21(14-1-2-14)24-19-11-18(17-7-9-22-20(17)23-19)13-3-5-15(6-4-13)25-32(29,30)16-8-10-31(27,28)12-16/h3-7,9,11,14,16,25H,1-2,8,10,12H2,(H2,22,23,24,26). The average molecular weight is 475 g/mol. The number of hydrogen-bond donors (Lipinski definition) is 3. The molecule has 3 aromatic rings. The lowest BCUT2D eigenvalue weighted by Crippen LogP contribution is -2.28. The maximum Gasteiger partial charge on any atom is 0.236 e. The molecule has 0 bridgehead atoms. The van der Waals surface area contributed by atoms with Gasteiger partial charge in [0.05, 0.1) is 16.8 Å². The maximum absolute atomic E-state index is 12.6. The molecule has 0 radical (unpaired) electrons. The zero-order valence-electron chi connectivity index (χ0n) is 17.0. The molecule has 2 aromatic heterocycles. The molecule has 0 spiro atoms. The van der Waals surface area contributed by atoms with Crippen LogP contribution in [-0.2, 0) is 24.7 Å². The molecule has 1 saturated heterocycles. The normalized spacial score (nSPS) is 20.3. The molecule has 5 rings (SSSR count). The van der Waals surface area contributed by atoms with Crippen molar-refractivity contribution >= 4 is 48.3 Å². The van der Waals surface area contributed by atoms with Crippen LogP contribution in [0.5, 0.6) is 0 Å². The Balaban J connectivity index is 1.40. The quantitative estimate of drug-likeness (QED) is 0.502. The highest BCUT2D eigenvalue weighted by molar-refractivity contribution is 7.97. The first-order valence-electron chi connectivity index (χ1n) is 10.3. The van der Waals surface area contributed by atoms with Crippen molar-refractivity contribution in [2.45, 2.75) is 24.5 Å². The maximum atomic E-state index is 12.6. The van der Waals surface area contributed by atoms with Gasteiger partial charge in [-0.25, -0.2) is 21.8 Å². The number of aromatic nitrogens is 2. The van der Waals surface area contributed by atoms with Crippen molar-refractivity contribution in [2.24, 2.45) is 5.92 Å². The molecule has 168 valence electrons. The van der Waals surface area contributed by atoms with E-state index in [0.717, 1.165) is 29.4 Å². The number of benzene rings is 1. The highest BCUT2D eigenvalue weighted by Crippen LogP contribution is 2.33. The Morgan fingerprint density at radius 1 is 1.09 bits per heavy atom. The Kier molecular flexibility index (Phi) is 4.97. The number of amides is 1. The number of carbonyl (C=O) groups excluding carboxylic acids is 1. The van der Waals surface area contributed by atoms with Gasteiger partial charge < -0.3 is 10.3 Å². The number of rotatable bonds is 6. The van der Waals surface area contributed by atoms with Crippen molar-refractivity contribution in [1.29, 1.82) is 0 Å². The topological polar surface area (TPSA) is 138 Å². The molecule has 1 atom stereocenters. The van der Waals surface area contributed by atoms with E-state index in [9.17, 15) is 21.6 Å². The first-order chi connectivity index (χ1) is 15.2. The second-order valence-corrected chi connectivity index (χ2v) is 12.5. The highest BCUT2D eigenvalue weighted by Gasteiger charge is 2.37. The van der Waals surface area contributed by atoms with Gasteiger partial charge in [-0.2, -0.15) is 0 Å². The second kappa shape index (κ2) is 7.59. The molecule has 9 nitrogen and oxygen atoms in total. The van der Waals surface area contributed by atoms with Crippen LogP contribution in [0, 0.1) is 5.92 Å². The minimum Gasteiger partial charge on any atom is -0.346 e. The molecule has 3 N–H and O–H groups in total. The van der Waals surface area contributed by atoms with E-state index in [1.54, 1.807) is 36.5 Å². The van der Waals surface area contributed by atoms with Gasteiger partial charge in [0.25, 0.3) is 0 Å². The number of aromatic amines is 1. The lowest BCUT2D eigenvalue weighted by atomic mass is 10.0. The third-order valence-corrected chi connectivity index (χ3v) is 9.59. The molecule has 1 amide bonds. The minimum absolute atomic E-state index is 0.0342. The minimum atomic E-state index is -3.80. The molecule has 1 aliphatic heterocycles. The molecule has 1 aromatic carbocycles. The number of sulfone groups is 1. The lowest BCUT2D eigenvalue weighted by molar-refractivity contribution is -0.117. The van der Waals surface area contributed by atoms with Crippen molar-refractivity contribution in [3.63, 3.8) is 0 Å². The van der Waals surface area contributed by atoms with Gasteiger partial charge in [-0.15, -0.1) is 0 Å². The predicted molar refractivity (Wildman–Crippen MR) is 122 cm³/mol. The van der Waals surface area contributed by atoms with Crippen molar-refractivity contribution in [3.8, 4) is 11.1 Å². The first-order valence-corrected chi connectivity index (χ1v) is 13.7. The van der Waals surface area contributed by atoms with Crippen LogP contribution in [0.2, 0.25) is 0 Å². The fraction of sp³-hybridized carbons (Fsp3) is 0.333. The van der Waals surface area contributed by atoms with Gasteiger partial charge in [0.2, 0.25) is 15.9 Å². The van der Waals surface area contributed by atoms with Crippen LogP contribution in [0.1, 0.15) is 19.3 Å². The lowest BCUT2D eigenvalue weighted by Gasteiger charge is -2.13. The summed E-state index contributed by atoms with van der Waals surface area (Å²) in [5.74, 6) is 0.0262. The fourth-order valence-electron chi connectivity index (χ4n) is 3.89. The van der Waals surface area contributed by atoms with E-state index in [0.29, 0.717) is 17.2 Å². The number of hydrogen-bond acceptors (Lipinski definition) is 6. The number of sulfonamides is 1. The van der Waals surface area contributed by atoms with Gasteiger partial charge in [0, 0.05) is 23.2 Å². The number of carbonyl (C=O) groups is 1. The van der Waals surface area contributed by atoms with Crippen LogP contribution in [0.3, 0.4) is 0 Å². The summed E-state index contributed by atoms with van der Waals surface area (Å²) in [4.78, 5) is 19.7. The molecular weight excluding hydrogens is 452 g/mol. The molecule has 2 aliphatic rings. The van der Waals surface area contributed by atoms with Crippen molar-refractivity contribution in [2.75, 3.05) is 21.5 Å². The van der Waals surface area contributed by atoms with Crippen LogP contribution in [0.15, 0.2) is 42.6 Å². The Hall–Kier alpha value is -2.92. The second-order valence-electron chi connectivity index (χ2n) is 8.31. The van der Waals surface area contributed by atoms with E-state index in [1.807, 2.05) is 6.07 Å². The molecule has 32 heavy (non-hydrogen) atoms. The first kappa shape index (κ1) is 21.0. The van der Waals surface area contributed by atoms with Gasteiger partial charge in [0.1, 0.15) is 11.5 Å². The Morgan fingerprint density at radius 2 is 1.84 bits per heavy atom. The van der Waals surface area contributed by atoms with Crippen molar-refractivity contribution < 1.29 is 21.6 Å². The van der Waals surface area contributed by atoms with Gasteiger partial charge in [0.15, 0.2) is 9.84 Å². The Bertz CT molecular complexity index is 1410. The van der Waals surface area contributed by atoms with Crippen LogP contribution in [-0.4, -0.2) is 49.5 Å². The van der Waals surface area contributed by atoms with Gasteiger partial charge >= 0.3 is 0 Å². The van der Waals surface area contributed by atoms with Crippen molar-refractivity contribution in [1.82, 2.24) is 9.97 Å². The van der Waals surface area contributed by atoms with Crippen LogP contribution >= 0.6 is 0 Å². The largest absolute Gasteiger partial charge is 0.346 e. The van der Waals surface area contributed by atoms with E-state index in [-0.39, 0.29) is 29.8 Å². The summed E-state index contributed by atoms with van der Waals surface area (Å²) in [7, 11) is -7.10. The number of fused-ring (bicyclic) bond motifs is 1. The van der Waals surface area contributed by atoms with E-state index in [4.69, 9.17) is 0 Å². The Labute approximate surface area is 185 Å². The van der Waals surface area contributed by atoms with E-state index >= 15 is 0 Å². The summed E-state index contributed by atoms with van der Waals surface area (Å²) in [5.41, 5.74) is 2.67. The van der Waals surface area contributed by atoms with Crippen LogP contribution in [0.4, 0.5) is 11.5 Å². The molecule has 2 fully saturated rings. The van der Waals surface area contributed by atoms with Crippen molar-refractivity contribution in [3.05, 3.63) is 42.6 Å². The summed E-state index contributed by atoms with van der Waals surface area (Å²) in [6, 6.07) is 10.5. The van der Waals surface area contributed by atoms with E-state index < -0.39 is 25.1 Å². The zero-order valence-corrected chi connectivity index (χ0v) is 18.7. The molecule has 11 heteroatoms. The van der Waals surface area contributed by atoms with E-state index in [2.05, 4.69) is 20.0 Å². The number of nitrogens with zero attached hydrogens (tertiary/aromatic N) is 1. The monoisotopic (exact) mass is 474 g/mol. The molecule has 1 saturated carbocycles. The highest BCUT2D eigenvalue weighted by atomic mass is 32.2. The summed E-state index contributed by atoms with van der Waals surface area (Å²) in [6.45, 7) is 0. The molecule has 1 aliphatic carbocycles. The third-order valence-electron chi connectivity index (χ3n) is 5.81. The Morgan fingerprint density at radius 3 is 2.50 bits per heavy atom. The number of nitrogens with one attached hydrogen (secondary N) is 3. The number of H-pyrrole nitrogens is 1. The predicted octanol–water partition coefficient (Wildman–Crippen LogP) is 2.51. The van der Waals surface area contributed by atoms with Gasteiger partial charge in [-0.05, 0) is 54.7 Å². The van der Waals surface area contributed by atoms with Crippen LogP contribution < -0.4 is 10.0 Å². The smallest absolute Gasteiger partial charge is 0.236 e. The SMILES string of the molecule is O=C(Nc1cc(-c2ccc(NS(=O)(=O)C3CCS(=O)(=O)C3)cc2)c2cc[nH]c2n1)C1CC1. The van der Waals surface area contributed by atoms with Gasteiger partial charge in [-0.1, -0.05) is 12.1 Å². The van der Waals surface area contributed by atoms with Crippen LogP contribution in [0.25, 0.3) is 22.2 Å². The fourth-order valence-corrected chi connectivity index (χ4v) is 7.98. The summed E-state index contributed by atoms with van der Waals surface area (Å²) < 4.78 is 50.9. The van der Waals surface area contributed by atoms with Gasteiger partial charge in [-0.3, -0.25) is 9.52 Å². The molecule has 3 heterocycles. The zero-order chi connectivity index (χ0) is 22.5. The summed E-state index contributed by atoms with van der Waals surface area (Å²) >= 11 is 0. The molecular formula is C21H22N4O5S2. The third kappa shape index (κ3) is 4.22. The number of pyridine rings is 1. The summed E-state index contributed by atoms with van der Waals surface area (Å²) in [5, 5.41) is 2.80. The molecule has 1 unspecified atom stereocenters. The summed E-state index contributed by atoms with van der Waals surface area (Å²) in [6.07, 6.45) is 3.67. The van der Waals surface area contributed by atoms with E-state index in [1.165, 1.54) is 0 Å².